The Morgan fingerprint density at radius 3 is 2.82 bits per heavy atom. The quantitative estimate of drug-likeness (QED) is 0.612. The van der Waals surface area contributed by atoms with Gasteiger partial charge in [0, 0.05) is 47.3 Å². The van der Waals surface area contributed by atoms with E-state index in [0.717, 1.165) is 41.4 Å². The minimum Gasteiger partial charge on any atom is -0.383 e. The number of aromatic nitrogens is 2. The van der Waals surface area contributed by atoms with E-state index in [1.165, 1.54) is 0 Å². The molecule has 0 spiro atoms. The molecule has 0 radical (unpaired) electrons. The highest BCUT2D eigenvalue weighted by atomic mass is 35.5. The van der Waals surface area contributed by atoms with Crippen LogP contribution in [0.4, 0.5) is 0 Å². The Morgan fingerprint density at radius 1 is 1.25 bits per heavy atom. The normalized spacial score (nSPS) is 16.9. The molecule has 1 fully saturated rings. The van der Waals surface area contributed by atoms with Crippen LogP contribution in [0.5, 0.6) is 0 Å². The van der Waals surface area contributed by atoms with Crippen molar-refractivity contribution in [2.75, 3.05) is 20.3 Å². The van der Waals surface area contributed by atoms with Gasteiger partial charge in [-0.1, -0.05) is 47.5 Å². The number of nitrogens with zero attached hydrogens (tertiary/aromatic N) is 3. The van der Waals surface area contributed by atoms with Gasteiger partial charge in [0.1, 0.15) is 11.2 Å². The average Bonchev–Trinajstić information content (AvgIpc) is 3.25. The number of benzene rings is 2. The highest BCUT2D eigenvalue weighted by Crippen LogP contribution is 2.36. The Kier molecular flexibility index (Phi) is 5.32. The third kappa shape index (κ3) is 3.28. The van der Waals surface area contributed by atoms with Crippen molar-refractivity contribution in [2.24, 2.45) is 7.05 Å². The van der Waals surface area contributed by atoms with Gasteiger partial charge in [0.05, 0.1) is 12.6 Å². The third-order valence-electron chi connectivity index (χ3n) is 5.29. The van der Waals surface area contributed by atoms with Crippen LogP contribution in [-0.2, 0) is 11.8 Å². The van der Waals surface area contributed by atoms with Gasteiger partial charge >= 0.3 is 0 Å². The number of likely N-dealkylation sites (tertiary alicyclic amines) is 1. The zero-order valence-electron chi connectivity index (χ0n) is 15.8. The minimum absolute atomic E-state index is 0.0103. The summed E-state index contributed by atoms with van der Waals surface area (Å²) in [6, 6.07) is 11.3. The number of aryl methyl sites for hydroxylation is 1. The lowest BCUT2D eigenvalue weighted by Crippen LogP contribution is -2.39. The second-order valence-electron chi connectivity index (χ2n) is 7.05. The van der Waals surface area contributed by atoms with Crippen LogP contribution in [0.3, 0.4) is 0 Å². The van der Waals surface area contributed by atoms with Gasteiger partial charge < -0.3 is 9.64 Å². The van der Waals surface area contributed by atoms with Crippen LogP contribution in [0.2, 0.25) is 10.0 Å². The van der Waals surface area contributed by atoms with Gasteiger partial charge in [-0.2, -0.15) is 5.10 Å². The van der Waals surface area contributed by atoms with Gasteiger partial charge in [0.2, 0.25) is 0 Å². The van der Waals surface area contributed by atoms with Crippen molar-refractivity contribution in [2.45, 2.75) is 18.9 Å². The molecule has 2 aromatic carbocycles. The van der Waals surface area contributed by atoms with E-state index in [2.05, 4.69) is 5.10 Å². The summed E-state index contributed by atoms with van der Waals surface area (Å²) in [7, 11) is 3.48. The van der Waals surface area contributed by atoms with E-state index in [1.807, 2.05) is 36.2 Å². The maximum absolute atomic E-state index is 13.4. The molecular weight excluding hydrogens is 397 g/mol. The van der Waals surface area contributed by atoms with E-state index >= 15 is 0 Å². The Labute approximate surface area is 173 Å². The highest BCUT2D eigenvalue weighted by molar-refractivity contribution is 6.36. The molecule has 0 N–H and O–H groups in total. The third-order valence-corrected chi connectivity index (χ3v) is 5.83. The molecule has 1 atom stereocenters. The topological polar surface area (TPSA) is 47.4 Å². The van der Waals surface area contributed by atoms with E-state index in [4.69, 9.17) is 27.9 Å². The summed E-state index contributed by atoms with van der Waals surface area (Å²) in [5.74, 6) is -0.0103. The van der Waals surface area contributed by atoms with Crippen LogP contribution < -0.4 is 0 Å². The first-order valence-electron chi connectivity index (χ1n) is 9.22. The number of hydrogen-bond acceptors (Lipinski definition) is 3. The molecule has 2 heterocycles. The summed E-state index contributed by atoms with van der Waals surface area (Å²) in [4.78, 5) is 15.3. The number of methoxy groups -OCH3 is 1. The zero-order valence-corrected chi connectivity index (χ0v) is 17.3. The fourth-order valence-corrected chi connectivity index (χ4v) is 4.51. The molecule has 3 aromatic rings. The molecule has 0 aliphatic carbocycles. The summed E-state index contributed by atoms with van der Waals surface area (Å²) in [5.41, 5.74) is 3.06. The van der Waals surface area contributed by atoms with Gasteiger partial charge in [-0.3, -0.25) is 9.48 Å². The molecule has 5 nitrogen and oxygen atoms in total. The number of hydrogen-bond donors (Lipinski definition) is 0. The second-order valence-corrected chi connectivity index (χ2v) is 7.89. The van der Waals surface area contributed by atoms with E-state index in [9.17, 15) is 4.79 Å². The lowest BCUT2D eigenvalue weighted by Gasteiger charge is -2.24. The van der Waals surface area contributed by atoms with Gasteiger partial charge in [-0.15, -0.1) is 0 Å². The Balaban J connectivity index is 1.81. The maximum atomic E-state index is 13.4. The summed E-state index contributed by atoms with van der Waals surface area (Å²) in [6.45, 7) is 1.29. The van der Waals surface area contributed by atoms with Crippen molar-refractivity contribution in [1.82, 2.24) is 14.7 Å². The van der Waals surface area contributed by atoms with Gasteiger partial charge in [-0.05, 0) is 25.0 Å². The molecule has 0 bridgehead atoms. The van der Waals surface area contributed by atoms with Crippen molar-refractivity contribution in [3.63, 3.8) is 0 Å². The summed E-state index contributed by atoms with van der Waals surface area (Å²) in [6.07, 6.45) is 1.95. The number of rotatable bonds is 4. The predicted octanol–water partition coefficient (Wildman–Crippen LogP) is 4.80. The van der Waals surface area contributed by atoms with Crippen molar-refractivity contribution < 1.29 is 9.53 Å². The van der Waals surface area contributed by atoms with Crippen LogP contribution in [-0.4, -0.2) is 46.9 Å². The molecule has 28 heavy (non-hydrogen) atoms. The number of fused-ring (bicyclic) bond motifs is 1. The van der Waals surface area contributed by atoms with Crippen LogP contribution in [0.1, 0.15) is 23.3 Å². The number of halogens is 2. The number of carbonyl (C=O) groups excluding carboxylic acids is 1. The Morgan fingerprint density at radius 2 is 2.07 bits per heavy atom. The average molecular weight is 418 g/mol. The summed E-state index contributed by atoms with van der Waals surface area (Å²) >= 11 is 12.5. The van der Waals surface area contributed by atoms with Crippen molar-refractivity contribution in [3.8, 4) is 11.1 Å². The van der Waals surface area contributed by atoms with Gasteiger partial charge in [0.25, 0.3) is 5.91 Å². The van der Waals surface area contributed by atoms with E-state index in [-0.39, 0.29) is 11.9 Å². The number of ether oxygens (including phenoxy) is 1. The minimum atomic E-state index is -0.0103. The van der Waals surface area contributed by atoms with Crippen molar-refractivity contribution in [3.05, 3.63) is 52.1 Å². The molecule has 4 rings (SSSR count). The standard InChI is InChI=1S/C21H21Cl2N3O2/c1-25-20(21(27)26-10-4-5-14(26)12-28-2)17-7-3-6-16(19(17)24-25)15-9-8-13(22)11-18(15)23/h3,6-9,11,14H,4-5,10,12H2,1-2H3. The molecule has 146 valence electrons. The Bertz CT molecular complexity index is 1050. The Hall–Kier alpha value is -2.08. The highest BCUT2D eigenvalue weighted by Gasteiger charge is 2.32. The lowest BCUT2D eigenvalue weighted by atomic mass is 10.0. The van der Waals surface area contributed by atoms with Crippen molar-refractivity contribution in [1.29, 1.82) is 0 Å². The van der Waals surface area contributed by atoms with E-state index in [0.29, 0.717) is 22.3 Å². The molecule has 1 aliphatic heterocycles. The fourth-order valence-electron chi connectivity index (χ4n) is 4.00. The van der Waals surface area contributed by atoms with Crippen LogP contribution in [0, 0.1) is 0 Å². The molecule has 1 saturated heterocycles. The smallest absolute Gasteiger partial charge is 0.273 e. The molecule has 1 unspecified atom stereocenters. The summed E-state index contributed by atoms with van der Waals surface area (Å²) < 4.78 is 6.97. The molecule has 1 aromatic heterocycles. The monoisotopic (exact) mass is 417 g/mol. The summed E-state index contributed by atoms with van der Waals surface area (Å²) in [5, 5.41) is 6.61. The first-order chi connectivity index (χ1) is 13.5. The number of carbonyl (C=O) groups is 1. The largest absolute Gasteiger partial charge is 0.383 e. The van der Waals surface area contributed by atoms with Crippen molar-refractivity contribution >= 4 is 40.0 Å². The van der Waals surface area contributed by atoms with Gasteiger partial charge in [-0.25, -0.2) is 0 Å². The molecule has 1 amide bonds. The maximum Gasteiger partial charge on any atom is 0.273 e. The van der Waals surface area contributed by atoms with E-state index in [1.54, 1.807) is 23.9 Å². The molecule has 7 heteroatoms. The number of amides is 1. The first kappa shape index (κ1) is 19.2. The second kappa shape index (κ2) is 7.74. The predicted molar refractivity (Wildman–Crippen MR) is 112 cm³/mol. The van der Waals surface area contributed by atoms with Crippen LogP contribution in [0.15, 0.2) is 36.4 Å². The van der Waals surface area contributed by atoms with E-state index < -0.39 is 0 Å². The lowest BCUT2D eigenvalue weighted by molar-refractivity contribution is 0.0622. The molecule has 0 saturated carbocycles. The first-order valence-corrected chi connectivity index (χ1v) is 9.98. The van der Waals surface area contributed by atoms with Crippen LogP contribution in [0.25, 0.3) is 22.0 Å². The molecular formula is C21H21Cl2N3O2. The zero-order chi connectivity index (χ0) is 19.8. The SMILES string of the molecule is COCC1CCCN1C(=O)c1c2cccc(-c3ccc(Cl)cc3Cl)c2nn1C. The van der Waals surface area contributed by atoms with Crippen LogP contribution >= 0.6 is 23.2 Å². The molecule has 1 aliphatic rings. The van der Waals surface area contributed by atoms with Gasteiger partial charge in [0.15, 0.2) is 0 Å². The fraction of sp³-hybridized carbons (Fsp3) is 0.333.